The molecule has 0 aliphatic heterocycles. The summed E-state index contributed by atoms with van der Waals surface area (Å²) in [5.41, 5.74) is 2.18. The Morgan fingerprint density at radius 2 is 1.76 bits per heavy atom. The molecule has 110 valence electrons. The molecule has 2 aromatic carbocycles. The number of carboxylic acid groups (broad SMARTS) is 1. The van der Waals surface area contributed by atoms with Crippen LogP contribution in [0.1, 0.15) is 30.9 Å². The first-order valence-corrected chi connectivity index (χ1v) is 7.22. The summed E-state index contributed by atoms with van der Waals surface area (Å²) in [6.45, 7) is 1.95. The Kier molecular flexibility index (Phi) is 5.38. The third-order valence-corrected chi connectivity index (χ3v) is 3.31. The van der Waals surface area contributed by atoms with E-state index in [-0.39, 0.29) is 0 Å². The molecule has 0 spiro atoms. The highest BCUT2D eigenvalue weighted by atomic mass is 16.5. The predicted molar refractivity (Wildman–Crippen MR) is 82.6 cm³/mol. The lowest BCUT2D eigenvalue weighted by molar-refractivity contribution is -0.145. The molecular weight excluding hydrogens is 264 g/mol. The lowest BCUT2D eigenvalue weighted by Gasteiger charge is -2.17. The van der Waals surface area contributed by atoms with Gasteiger partial charge in [0.2, 0.25) is 0 Å². The molecule has 0 saturated heterocycles. The van der Waals surface area contributed by atoms with E-state index >= 15 is 0 Å². The molecule has 3 nitrogen and oxygen atoms in total. The van der Waals surface area contributed by atoms with Gasteiger partial charge in [-0.2, -0.15) is 0 Å². The maximum absolute atomic E-state index is 11.2. The molecule has 0 heterocycles. The number of aliphatic carboxylic acids is 1. The van der Waals surface area contributed by atoms with Crippen molar-refractivity contribution in [1.29, 1.82) is 0 Å². The molecule has 0 amide bonds. The first-order chi connectivity index (χ1) is 10.2. The van der Waals surface area contributed by atoms with Crippen LogP contribution in [0.15, 0.2) is 54.6 Å². The molecule has 3 heteroatoms. The smallest absolute Gasteiger partial charge is 0.344 e. The highest BCUT2D eigenvalue weighted by Gasteiger charge is 2.19. The standard InChI is InChI=1S/C18H20O3/c1-2-8-17(18(19)20)21-16-12-7-6-11-15(16)13-14-9-4-3-5-10-14/h3-7,9-12,17H,2,8,13H2,1H3,(H,19,20). The fourth-order valence-electron chi connectivity index (χ4n) is 2.23. The Hall–Kier alpha value is -2.29. The van der Waals surface area contributed by atoms with E-state index in [1.54, 1.807) is 0 Å². The van der Waals surface area contributed by atoms with E-state index < -0.39 is 12.1 Å². The number of benzene rings is 2. The van der Waals surface area contributed by atoms with Gasteiger partial charge in [-0.1, -0.05) is 61.9 Å². The summed E-state index contributed by atoms with van der Waals surface area (Å²) in [5, 5.41) is 9.22. The minimum Gasteiger partial charge on any atom is -0.479 e. The molecule has 2 aromatic rings. The van der Waals surface area contributed by atoms with Crippen molar-refractivity contribution in [2.24, 2.45) is 0 Å². The number of hydrogen-bond acceptors (Lipinski definition) is 2. The second-order valence-corrected chi connectivity index (χ2v) is 5.00. The zero-order valence-electron chi connectivity index (χ0n) is 12.2. The van der Waals surface area contributed by atoms with E-state index in [1.807, 2.05) is 49.4 Å². The van der Waals surface area contributed by atoms with E-state index in [0.717, 1.165) is 18.4 Å². The summed E-state index contributed by atoms with van der Waals surface area (Å²) >= 11 is 0. The Bertz CT molecular complexity index is 578. The molecule has 0 aromatic heterocycles. The Labute approximate surface area is 125 Å². The van der Waals surface area contributed by atoms with E-state index in [0.29, 0.717) is 12.2 Å². The van der Waals surface area contributed by atoms with Crippen LogP contribution in [-0.2, 0) is 11.2 Å². The molecule has 1 unspecified atom stereocenters. The quantitative estimate of drug-likeness (QED) is 0.838. The van der Waals surface area contributed by atoms with Crippen LogP contribution in [0.3, 0.4) is 0 Å². The van der Waals surface area contributed by atoms with Gasteiger partial charge in [-0.25, -0.2) is 4.79 Å². The summed E-state index contributed by atoms with van der Waals surface area (Å²) in [4.78, 5) is 11.2. The van der Waals surface area contributed by atoms with Crippen molar-refractivity contribution in [3.8, 4) is 5.75 Å². The average Bonchev–Trinajstić information content (AvgIpc) is 2.49. The van der Waals surface area contributed by atoms with E-state index in [2.05, 4.69) is 12.1 Å². The summed E-state index contributed by atoms with van der Waals surface area (Å²) in [5.74, 6) is -0.256. The van der Waals surface area contributed by atoms with Crippen LogP contribution >= 0.6 is 0 Å². The van der Waals surface area contributed by atoms with Gasteiger partial charge >= 0.3 is 5.97 Å². The summed E-state index contributed by atoms with van der Waals surface area (Å²) in [7, 11) is 0. The van der Waals surface area contributed by atoms with Gasteiger partial charge in [0.05, 0.1) is 0 Å². The van der Waals surface area contributed by atoms with Gasteiger partial charge in [0.1, 0.15) is 5.75 Å². The number of carboxylic acids is 1. The lowest BCUT2D eigenvalue weighted by atomic mass is 10.0. The minimum absolute atomic E-state index is 0.509. The minimum atomic E-state index is -0.911. The Balaban J connectivity index is 2.18. The van der Waals surface area contributed by atoms with Gasteiger partial charge in [0.25, 0.3) is 0 Å². The van der Waals surface area contributed by atoms with Gasteiger partial charge in [-0.15, -0.1) is 0 Å². The first-order valence-electron chi connectivity index (χ1n) is 7.22. The number of ether oxygens (including phenoxy) is 1. The van der Waals surface area contributed by atoms with Crippen molar-refractivity contribution in [3.63, 3.8) is 0 Å². The molecule has 0 radical (unpaired) electrons. The van der Waals surface area contributed by atoms with Crippen molar-refractivity contribution >= 4 is 5.97 Å². The van der Waals surface area contributed by atoms with Crippen molar-refractivity contribution in [3.05, 3.63) is 65.7 Å². The maximum atomic E-state index is 11.2. The maximum Gasteiger partial charge on any atom is 0.344 e. The van der Waals surface area contributed by atoms with Crippen LogP contribution in [-0.4, -0.2) is 17.2 Å². The molecular formula is C18H20O3. The molecule has 0 fully saturated rings. The van der Waals surface area contributed by atoms with Crippen LogP contribution in [0.4, 0.5) is 0 Å². The van der Waals surface area contributed by atoms with Gasteiger partial charge < -0.3 is 9.84 Å². The summed E-state index contributed by atoms with van der Waals surface area (Å²) in [6.07, 6.45) is 1.23. The van der Waals surface area contributed by atoms with Gasteiger partial charge in [-0.3, -0.25) is 0 Å². The molecule has 1 N–H and O–H groups in total. The molecule has 2 rings (SSSR count). The molecule has 0 aliphatic carbocycles. The largest absolute Gasteiger partial charge is 0.479 e. The van der Waals surface area contributed by atoms with Gasteiger partial charge in [0, 0.05) is 6.42 Å². The first kappa shape index (κ1) is 15.1. The zero-order chi connectivity index (χ0) is 15.1. The van der Waals surface area contributed by atoms with Gasteiger partial charge in [0.15, 0.2) is 6.10 Å². The number of carbonyl (C=O) groups is 1. The zero-order valence-corrected chi connectivity index (χ0v) is 12.2. The van der Waals surface area contributed by atoms with Crippen LogP contribution in [0, 0.1) is 0 Å². The molecule has 21 heavy (non-hydrogen) atoms. The van der Waals surface area contributed by atoms with E-state index in [4.69, 9.17) is 4.74 Å². The predicted octanol–water partition coefficient (Wildman–Crippen LogP) is 3.91. The summed E-state index contributed by atoms with van der Waals surface area (Å²) in [6, 6.07) is 17.7. The Morgan fingerprint density at radius 3 is 2.43 bits per heavy atom. The van der Waals surface area contributed by atoms with Crippen molar-refractivity contribution in [2.45, 2.75) is 32.3 Å². The van der Waals surface area contributed by atoms with Crippen molar-refractivity contribution < 1.29 is 14.6 Å². The fourth-order valence-corrected chi connectivity index (χ4v) is 2.23. The average molecular weight is 284 g/mol. The van der Waals surface area contributed by atoms with Crippen LogP contribution in [0.25, 0.3) is 0 Å². The van der Waals surface area contributed by atoms with Crippen molar-refractivity contribution in [1.82, 2.24) is 0 Å². The molecule has 0 aliphatic rings. The highest BCUT2D eigenvalue weighted by Crippen LogP contribution is 2.23. The third kappa shape index (κ3) is 4.35. The second kappa shape index (κ2) is 7.48. The topological polar surface area (TPSA) is 46.5 Å². The second-order valence-electron chi connectivity index (χ2n) is 5.00. The third-order valence-electron chi connectivity index (χ3n) is 3.31. The van der Waals surface area contributed by atoms with Crippen LogP contribution in [0.2, 0.25) is 0 Å². The lowest BCUT2D eigenvalue weighted by Crippen LogP contribution is -2.27. The number of para-hydroxylation sites is 1. The number of hydrogen-bond donors (Lipinski definition) is 1. The normalized spacial score (nSPS) is 11.9. The summed E-state index contributed by atoms with van der Waals surface area (Å²) < 4.78 is 5.72. The van der Waals surface area contributed by atoms with E-state index in [9.17, 15) is 9.90 Å². The SMILES string of the molecule is CCCC(Oc1ccccc1Cc1ccccc1)C(=O)O. The van der Waals surface area contributed by atoms with Crippen LogP contribution in [0.5, 0.6) is 5.75 Å². The monoisotopic (exact) mass is 284 g/mol. The van der Waals surface area contributed by atoms with Crippen molar-refractivity contribution in [2.75, 3.05) is 0 Å². The van der Waals surface area contributed by atoms with Gasteiger partial charge in [-0.05, 0) is 23.6 Å². The molecule has 0 saturated carbocycles. The molecule has 0 bridgehead atoms. The molecule has 1 atom stereocenters. The Morgan fingerprint density at radius 1 is 1.10 bits per heavy atom. The number of rotatable bonds is 7. The highest BCUT2D eigenvalue weighted by molar-refractivity contribution is 5.72. The fraction of sp³-hybridized carbons (Fsp3) is 0.278. The van der Waals surface area contributed by atoms with E-state index in [1.165, 1.54) is 5.56 Å². The van der Waals surface area contributed by atoms with Crippen LogP contribution < -0.4 is 4.74 Å².